The van der Waals surface area contributed by atoms with Crippen LogP contribution in [0.5, 0.6) is 0 Å². The molecule has 0 saturated heterocycles. The highest BCUT2D eigenvalue weighted by Crippen LogP contribution is 2.14. The molecule has 0 atom stereocenters. The van der Waals surface area contributed by atoms with E-state index < -0.39 is 5.97 Å². The molecule has 0 fully saturated rings. The molecule has 0 saturated carbocycles. The molecule has 8 nitrogen and oxygen atoms in total. The largest absolute Gasteiger partial charge is 0.481 e. The van der Waals surface area contributed by atoms with Crippen LogP contribution in [-0.2, 0) is 16.1 Å². The van der Waals surface area contributed by atoms with Crippen molar-refractivity contribution in [3.05, 3.63) is 45.9 Å². The summed E-state index contributed by atoms with van der Waals surface area (Å²) in [6.07, 6.45) is -0.140. The Kier molecular flexibility index (Phi) is 6.61. The first-order chi connectivity index (χ1) is 12.0. The van der Waals surface area contributed by atoms with Crippen molar-refractivity contribution in [2.45, 2.75) is 13.0 Å². The van der Waals surface area contributed by atoms with Gasteiger partial charge in [0.25, 0.3) is 11.8 Å². The lowest BCUT2D eigenvalue weighted by molar-refractivity contribution is -0.136. The van der Waals surface area contributed by atoms with E-state index >= 15 is 0 Å². The Morgan fingerprint density at radius 3 is 2.56 bits per heavy atom. The zero-order valence-corrected chi connectivity index (χ0v) is 14.3. The quantitative estimate of drug-likeness (QED) is 0.658. The Morgan fingerprint density at radius 2 is 1.92 bits per heavy atom. The molecular formula is C16H17N3O5S. The number of thiazole rings is 1. The van der Waals surface area contributed by atoms with Crippen molar-refractivity contribution < 1.29 is 24.2 Å². The molecule has 25 heavy (non-hydrogen) atoms. The third-order valence-corrected chi connectivity index (χ3v) is 3.90. The van der Waals surface area contributed by atoms with Gasteiger partial charge in [-0.15, -0.1) is 11.3 Å². The van der Waals surface area contributed by atoms with Crippen molar-refractivity contribution in [2.75, 3.05) is 19.0 Å². The minimum absolute atomic E-state index is 0.0558. The topological polar surface area (TPSA) is 118 Å². The number of benzene rings is 1. The molecule has 0 radical (unpaired) electrons. The monoisotopic (exact) mass is 363 g/mol. The van der Waals surface area contributed by atoms with E-state index in [0.29, 0.717) is 28.6 Å². The molecule has 2 amide bonds. The van der Waals surface area contributed by atoms with Gasteiger partial charge in [0.2, 0.25) is 0 Å². The molecule has 0 aliphatic heterocycles. The predicted octanol–water partition coefficient (Wildman–Crippen LogP) is 1.75. The molecule has 9 heteroatoms. The number of carbonyl (C=O) groups is 3. The molecule has 0 spiro atoms. The number of carboxylic acids is 1. The summed E-state index contributed by atoms with van der Waals surface area (Å²) >= 11 is 1.34. The summed E-state index contributed by atoms with van der Waals surface area (Å²) in [5, 5.41) is 16.1. The lowest BCUT2D eigenvalue weighted by atomic mass is 10.2. The van der Waals surface area contributed by atoms with Crippen LogP contribution in [0, 0.1) is 0 Å². The number of hydrogen-bond acceptors (Lipinski definition) is 6. The Labute approximate surface area is 147 Å². The van der Waals surface area contributed by atoms with Crippen molar-refractivity contribution in [1.29, 1.82) is 0 Å². The first-order valence-corrected chi connectivity index (χ1v) is 8.22. The van der Waals surface area contributed by atoms with Crippen molar-refractivity contribution >= 4 is 34.8 Å². The van der Waals surface area contributed by atoms with E-state index in [9.17, 15) is 14.4 Å². The lowest BCUT2D eigenvalue weighted by Gasteiger charge is -2.06. The lowest BCUT2D eigenvalue weighted by Crippen LogP contribution is -2.25. The minimum atomic E-state index is -0.978. The Hall–Kier alpha value is -2.78. The molecule has 0 unspecified atom stereocenters. The van der Waals surface area contributed by atoms with Gasteiger partial charge in [-0.2, -0.15) is 0 Å². The number of hydrogen-bond donors (Lipinski definition) is 3. The maximum absolute atomic E-state index is 12.1. The maximum Gasteiger partial charge on any atom is 0.305 e. The SMILES string of the molecule is COCc1nc(C(=O)Nc2ccc(C(=O)NCCC(=O)O)cc2)cs1. The molecule has 0 aliphatic carbocycles. The zero-order chi connectivity index (χ0) is 18.2. The molecule has 0 bridgehead atoms. The summed E-state index contributed by atoms with van der Waals surface area (Å²) in [5.74, 6) is -1.70. The van der Waals surface area contributed by atoms with Crippen LogP contribution in [0.2, 0.25) is 0 Å². The second kappa shape index (κ2) is 8.90. The number of nitrogens with zero attached hydrogens (tertiary/aromatic N) is 1. The fourth-order valence-electron chi connectivity index (χ4n) is 1.89. The number of nitrogens with one attached hydrogen (secondary N) is 2. The van der Waals surface area contributed by atoms with Gasteiger partial charge in [-0.3, -0.25) is 14.4 Å². The maximum atomic E-state index is 12.1. The number of amides is 2. The molecule has 2 rings (SSSR count). The number of aliphatic carboxylic acids is 1. The van der Waals surface area contributed by atoms with Gasteiger partial charge in [0, 0.05) is 30.3 Å². The summed E-state index contributed by atoms with van der Waals surface area (Å²) < 4.78 is 4.96. The van der Waals surface area contributed by atoms with Gasteiger partial charge in [0.15, 0.2) is 0 Å². The molecule has 132 valence electrons. The van der Waals surface area contributed by atoms with Gasteiger partial charge in [0.1, 0.15) is 10.7 Å². The van der Waals surface area contributed by atoms with Crippen LogP contribution in [0.3, 0.4) is 0 Å². The van der Waals surface area contributed by atoms with Crippen LogP contribution < -0.4 is 10.6 Å². The van der Waals surface area contributed by atoms with Gasteiger partial charge in [-0.05, 0) is 24.3 Å². The highest BCUT2D eigenvalue weighted by atomic mass is 32.1. The number of anilines is 1. The van der Waals surface area contributed by atoms with E-state index in [1.807, 2.05) is 0 Å². The molecule has 1 heterocycles. The average Bonchev–Trinajstić information content (AvgIpc) is 3.04. The minimum Gasteiger partial charge on any atom is -0.481 e. The van der Waals surface area contributed by atoms with Crippen molar-refractivity contribution in [1.82, 2.24) is 10.3 Å². The van der Waals surface area contributed by atoms with Gasteiger partial charge >= 0.3 is 5.97 Å². The summed E-state index contributed by atoms with van der Waals surface area (Å²) in [6.45, 7) is 0.407. The molecule has 3 N–H and O–H groups in total. The Balaban J connectivity index is 1.91. The van der Waals surface area contributed by atoms with Crippen LogP contribution in [0.25, 0.3) is 0 Å². The first-order valence-electron chi connectivity index (χ1n) is 7.34. The van der Waals surface area contributed by atoms with E-state index in [1.54, 1.807) is 36.8 Å². The average molecular weight is 363 g/mol. The Bertz CT molecular complexity index is 757. The highest BCUT2D eigenvalue weighted by Gasteiger charge is 2.12. The standard InChI is InChI=1S/C16H17N3O5S/c1-24-8-13-19-12(9-25-13)16(23)18-11-4-2-10(3-5-11)15(22)17-7-6-14(20)21/h2-5,9H,6-8H2,1H3,(H,17,22)(H,18,23)(H,20,21). The Morgan fingerprint density at radius 1 is 1.20 bits per heavy atom. The van der Waals surface area contributed by atoms with Crippen molar-refractivity contribution in [3.63, 3.8) is 0 Å². The fourth-order valence-corrected chi connectivity index (χ4v) is 2.63. The number of methoxy groups -OCH3 is 1. The number of carboxylic acid groups (broad SMARTS) is 1. The fraction of sp³-hybridized carbons (Fsp3) is 0.250. The normalized spacial score (nSPS) is 10.3. The number of carbonyl (C=O) groups excluding carboxylic acids is 2. The van der Waals surface area contributed by atoms with Gasteiger partial charge < -0.3 is 20.5 Å². The second-order valence-electron chi connectivity index (χ2n) is 4.99. The molecule has 1 aromatic heterocycles. The van der Waals surface area contributed by atoms with Crippen molar-refractivity contribution in [2.24, 2.45) is 0 Å². The van der Waals surface area contributed by atoms with Crippen LogP contribution in [0.15, 0.2) is 29.6 Å². The number of rotatable bonds is 8. The summed E-state index contributed by atoms with van der Waals surface area (Å²) in [6, 6.07) is 6.27. The summed E-state index contributed by atoms with van der Waals surface area (Å²) in [4.78, 5) is 38.5. The summed E-state index contributed by atoms with van der Waals surface area (Å²) in [5.41, 5.74) is 1.19. The van der Waals surface area contributed by atoms with Crippen LogP contribution >= 0.6 is 11.3 Å². The second-order valence-corrected chi connectivity index (χ2v) is 5.93. The van der Waals surface area contributed by atoms with E-state index in [4.69, 9.17) is 9.84 Å². The van der Waals surface area contributed by atoms with E-state index in [2.05, 4.69) is 15.6 Å². The highest BCUT2D eigenvalue weighted by molar-refractivity contribution is 7.09. The van der Waals surface area contributed by atoms with Crippen LogP contribution in [0.4, 0.5) is 5.69 Å². The third kappa shape index (κ3) is 5.66. The smallest absolute Gasteiger partial charge is 0.305 e. The zero-order valence-electron chi connectivity index (χ0n) is 13.4. The van der Waals surface area contributed by atoms with E-state index in [1.165, 1.54) is 11.3 Å². The predicted molar refractivity (Wildman–Crippen MR) is 91.8 cm³/mol. The van der Waals surface area contributed by atoms with Crippen molar-refractivity contribution in [3.8, 4) is 0 Å². The van der Waals surface area contributed by atoms with Gasteiger partial charge in [-0.1, -0.05) is 0 Å². The third-order valence-electron chi connectivity index (χ3n) is 3.08. The first kappa shape index (κ1) is 18.6. The van der Waals surface area contributed by atoms with Crippen LogP contribution in [0.1, 0.15) is 32.3 Å². The molecule has 2 aromatic rings. The van der Waals surface area contributed by atoms with Gasteiger partial charge in [0.05, 0.1) is 13.0 Å². The number of aromatic nitrogens is 1. The van der Waals surface area contributed by atoms with Gasteiger partial charge in [-0.25, -0.2) is 4.98 Å². The molecular weight excluding hydrogens is 346 g/mol. The molecule has 0 aliphatic rings. The van der Waals surface area contributed by atoms with E-state index in [-0.39, 0.29) is 24.8 Å². The number of ether oxygens (including phenoxy) is 1. The molecule has 1 aromatic carbocycles. The summed E-state index contributed by atoms with van der Waals surface area (Å²) in [7, 11) is 1.56. The van der Waals surface area contributed by atoms with Crippen LogP contribution in [-0.4, -0.2) is 41.5 Å². The van der Waals surface area contributed by atoms with E-state index in [0.717, 1.165) is 0 Å².